The Morgan fingerprint density at radius 3 is 2.83 bits per heavy atom. The van der Waals surface area contributed by atoms with Crippen LogP contribution in [0.2, 0.25) is 0 Å². The van der Waals surface area contributed by atoms with Gasteiger partial charge in [0.2, 0.25) is 0 Å². The molecule has 1 N–H and O–H groups in total. The lowest BCUT2D eigenvalue weighted by atomic mass is 10.1. The minimum Gasteiger partial charge on any atom is -0.393 e. The molecule has 1 fully saturated rings. The highest BCUT2D eigenvalue weighted by Crippen LogP contribution is 2.18. The van der Waals surface area contributed by atoms with Crippen molar-refractivity contribution in [3.63, 3.8) is 0 Å². The smallest absolute Gasteiger partial charge is 0.0555 e. The first-order valence-electron chi connectivity index (χ1n) is 5.17. The van der Waals surface area contributed by atoms with Crippen LogP contribution in [0, 0.1) is 0 Å². The third-order valence-corrected chi connectivity index (χ3v) is 2.48. The Balaban J connectivity index is 2.21. The van der Waals surface area contributed by atoms with Crippen LogP contribution < -0.4 is 5.32 Å². The summed E-state index contributed by atoms with van der Waals surface area (Å²) in [6, 6.07) is 0.447. The zero-order valence-corrected chi connectivity index (χ0v) is 8.00. The number of aliphatic hydroxyl groups excluding tert-OH is 1. The summed E-state index contributed by atoms with van der Waals surface area (Å²) in [5.74, 6) is 0. The van der Waals surface area contributed by atoms with E-state index in [2.05, 4.69) is 12.2 Å². The fraction of sp³-hybridized carbons (Fsp3) is 1.00. The molecule has 1 aliphatic rings. The maximum absolute atomic E-state index is 9.50. The van der Waals surface area contributed by atoms with Gasteiger partial charge in [-0.3, -0.25) is 0 Å². The topological polar surface area (TPSA) is 34.3 Å². The number of aliphatic hydroxyl groups is 1. The Morgan fingerprint density at radius 1 is 1.33 bits per heavy atom. The SMILES string of the molecule is CCC[N]C1CCCCC(O)C1. The number of hydrogen-bond donors (Lipinski definition) is 1. The maximum Gasteiger partial charge on any atom is 0.0555 e. The third kappa shape index (κ3) is 3.55. The third-order valence-electron chi connectivity index (χ3n) is 2.48. The van der Waals surface area contributed by atoms with Crippen molar-refractivity contribution >= 4 is 0 Å². The van der Waals surface area contributed by atoms with Gasteiger partial charge in [-0.2, -0.15) is 0 Å². The number of hydrogen-bond acceptors (Lipinski definition) is 1. The first-order chi connectivity index (χ1) is 5.83. The molecule has 2 atom stereocenters. The molecule has 2 unspecified atom stereocenters. The van der Waals surface area contributed by atoms with Crippen LogP contribution in [0.25, 0.3) is 0 Å². The van der Waals surface area contributed by atoms with Crippen LogP contribution >= 0.6 is 0 Å². The van der Waals surface area contributed by atoms with Gasteiger partial charge in [-0.15, -0.1) is 0 Å². The van der Waals surface area contributed by atoms with Gasteiger partial charge >= 0.3 is 0 Å². The van der Waals surface area contributed by atoms with Gasteiger partial charge in [0.1, 0.15) is 0 Å². The van der Waals surface area contributed by atoms with E-state index in [0.717, 1.165) is 25.8 Å². The highest BCUT2D eigenvalue weighted by Gasteiger charge is 2.17. The first-order valence-corrected chi connectivity index (χ1v) is 5.17. The molecule has 12 heavy (non-hydrogen) atoms. The normalized spacial score (nSPS) is 31.5. The van der Waals surface area contributed by atoms with Gasteiger partial charge in [0.05, 0.1) is 6.10 Å². The van der Waals surface area contributed by atoms with Crippen LogP contribution in [0.15, 0.2) is 0 Å². The van der Waals surface area contributed by atoms with Crippen LogP contribution in [0.1, 0.15) is 45.4 Å². The highest BCUT2D eigenvalue weighted by atomic mass is 16.3. The Kier molecular flexibility index (Phi) is 4.62. The summed E-state index contributed by atoms with van der Waals surface area (Å²) in [4.78, 5) is 0. The largest absolute Gasteiger partial charge is 0.393 e. The molecule has 71 valence electrons. The van der Waals surface area contributed by atoms with Crippen molar-refractivity contribution in [1.82, 2.24) is 5.32 Å². The molecule has 2 nitrogen and oxygen atoms in total. The van der Waals surface area contributed by atoms with Gasteiger partial charge < -0.3 is 5.11 Å². The van der Waals surface area contributed by atoms with Crippen molar-refractivity contribution in [3.05, 3.63) is 0 Å². The summed E-state index contributed by atoms with van der Waals surface area (Å²) in [5, 5.41) is 14.1. The van der Waals surface area contributed by atoms with Crippen molar-refractivity contribution in [3.8, 4) is 0 Å². The minimum atomic E-state index is -0.0851. The summed E-state index contributed by atoms with van der Waals surface area (Å²) in [6.07, 6.45) is 6.55. The zero-order chi connectivity index (χ0) is 8.81. The molecule has 0 bridgehead atoms. The van der Waals surface area contributed by atoms with Crippen molar-refractivity contribution in [2.75, 3.05) is 6.54 Å². The molecule has 0 aromatic carbocycles. The van der Waals surface area contributed by atoms with Gasteiger partial charge in [-0.25, -0.2) is 5.32 Å². The number of rotatable bonds is 3. The summed E-state index contributed by atoms with van der Waals surface area (Å²) in [5.41, 5.74) is 0. The second-order valence-electron chi connectivity index (χ2n) is 3.73. The monoisotopic (exact) mass is 170 g/mol. The number of nitrogens with zero attached hydrogens (tertiary/aromatic N) is 1. The Morgan fingerprint density at radius 2 is 2.08 bits per heavy atom. The van der Waals surface area contributed by atoms with Gasteiger partial charge in [0, 0.05) is 12.6 Å². The fourth-order valence-electron chi connectivity index (χ4n) is 1.79. The maximum atomic E-state index is 9.50. The van der Waals surface area contributed by atoms with Crippen LogP contribution in [0.5, 0.6) is 0 Å². The molecule has 0 aromatic heterocycles. The standard InChI is InChI=1S/C10H20NO/c1-2-7-11-9-5-3-4-6-10(12)8-9/h9-10,12H,2-8H2,1H3. The van der Waals surface area contributed by atoms with Crippen LogP contribution in [0.4, 0.5) is 0 Å². The molecule has 0 spiro atoms. The average molecular weight is 170 g/mol. The molecule has 1 rings (SSSR count). The summed E-state index contributed by atoms with van der Waals surface area (Å²) in [6.45, 7) is 3.12. The minimum absolute atomic E-state index is 0.0851. The highest BCUT2D eigenvalue weighted by molar-refractivity contribution is 4.74. The second kappa shape index (κ2) is 5.55. The molecule has 1 saturated carbocycles. The average Bonchev–Trinajstić information content (AvgIpc) is 2.26. The summed E-state index contributed by atoms with van der Waals surface area (Å²) in [7, 11) is 0. The molecule has 0 heterocycles. The first kappa shape index (κ1) is 10.0. The zero-order valence-electron chi connectivity index (χ0n) is 8.00. The van der Waals surface area contributed by atoms with Gasteiger partial charge in [0.25, 0.3) is 0 Å². The Hall–Kier alpha value is -0.0800. The Bertz CT molecular complexity index is 116. The lowest BCUT2D eigenvalue weighted by Crippen LogP contribution is -2.26. The van der Waals surface area contributed by atoms with Gasteiger partial charge in [-0.1, -0.05) is 19.8 Å². The lowest BCUT2D eigenvalue weighted by Gasteiger charge is -2.15. The van der Waals surface area contributed by atoms with Crippen molar-refractivity contribution in [2.24, 2.45) is 0 Å². The van der Waals surface area contributed by atoms with Crippen LogP contribution in [-0.4, -0.2) is 23.8 Å². The van der Waals surface area contributed by atoms with Crippen molar-refractivity contribution in [2.45, 2.75) is 57.6 Å². The van der Waals surface area contributed by atoms with Gasteiger partial charge in [-0.05, 0) is 25.7 Å². The summed E-state index contributed by atoms with van der Waals surface area (Å²) >= 11 is 0. The fourth-order valence-corrected chi connectivity index (χ4v) is 1.79. The van der Waals surface area contributed by atoms with E-state index in [4.69, 9.17) is 0 Å². The molecule has 0 aromatic rings. The molecule has 0 aliphatic heterocycles. The molecule has 0 saturated heterocycles. The van der Waals surface area contributed by atoms with Gasteiger partial charge in [0.15, 0.2) is 0 Å². The molecular formula is C10H20NO. The van der Waals surface area contributed by atoms with E-state index in [1.165, 1.54) is 19.3 Å². The summed E-state index contributed by atoms with van der Waals surface area (Å²) < 4.78 is 0. The van der Waals surface area contributed by atoms with E-state index in [0.29, 0.717) is 6.04 Å². The van der Waals surface area contributed by atoms with Crippen LogP contribution in [-0.2, 0) is 0 Å². The van der Waals surface area contributed by atoms with E-state index >= 15 is 0 Å². The predicted octanol–water partition coefficient (Wildman–Crippen LogP) is 1.69. The van der Waals surface area contributed by atoms with Crippen molar-refractivity contribution < 1.29 is 5.11 Å². The molecular weight excluding hydrogens is 150 g/mol. The van der Waals surface area contributed by atoms with Crippen molar-refractivity contribution in [1.29, 1.82) is 0 Å². The quantitative estimate of drug-likeness (QED) is 0.643. The van der Waals surface area contributed by atoms with E-state index < -0.39 is 0 Å². The van der Waals surface area contributed by atoms with Crippen LogP contribution in [0.3, 0.4) is 0 Å². The lowest BCUT2D eigenvalue weighted by molar-refractivity contribution is 0.147. The molecule has 1 radical (unpaired) electrons. The Labute approximate surface area is 75.4 Å². The van der Waals surface area contributed by atoms with E-state index in [1.807, 2.05) is 0 Å². The second-order valence-corrected chi connectivity index (χ2v) is 3.73. The van der Waals surface area contributed by atoms with E-state index in [-0.39, 0.29) is 6.10 Å². The predicted molar refractivity (Wildman–Crippen MR) is 50.2 cm³/mol. The van der Waals surface area contributed by atoms with E-state index in [9.17, 15) is 5.11 Å². The molecule has 0 amide bonds. The molecule has 1 aliphatic carbocycles. The molecule has 2 heteroatoms. The van der Waals surface area contributed by atoms with E-state index in [1.54, 1.807) is 0 Å².